The van der Waals surface area contributed by atoms with Gasteiger partial charge in [-0.3, -0.25) is 14.2 Å². The van der Waals surface area contributed by atoms with E-state index in [1.54, 1.807) is 12.1 Å². The lowest BCUT2D eigenvalue weighted by Gasteiger charge is -2.29. The summed E-state index contributed by atoms with van der Waals surface area (Å²) in [6.45, 7) is 1.44. The molecule has 2 aliphatic rings. The summed E-state index contributed by atoms with van der Waals surface area (Å²) in [4.78, 5) is 40.0. The Morgan fingerprint density at radius 2 is 1.87 bits per heavy atom. The van der Waals surface area contributed by atoms with Gasteiger partial charge in [0.2, 0.25) is 12.7 Å². The molecule has 1 amide bonds. The zero-order valence-corrected chi connectivity index (χ0v) is 16.8. The van der Waals surface area contributed by atoms with Gasteiger partial charge < -0.3 is 25.4 Å². The summed E-state index contributed by atoms with van der Waals surface area (Å²) in [5.74, 6) is 0.967. The monoisotopic (exact) mass is 415 g/mol. The first-order valence-corrected chi connectivity index (χ1v) is 9.95. The fourth-order valence-corrected chi connectivity index (χ4v) is 3.77. The van der Waals surface area contributed by atoms with E-state index in [1.165, 1.54) is 11.6 Å². The summed E-state index contributed by atoms with van der Waals surface area (Å²) < 4.78 is 12.8. The highest BCUT2D eigenvalue weighted by Gasteiger charge is 2.23. The standard InChI is InChI=1S/C20H25N5O5/c1-23-18(21)17(24-7-3-2-4-8-24)19(27)25(20(23)28)11-16(26)22-10-13-5-6-14-15(9-13)30-12-29-14/h5-6,9H,2-4,7-8,10-12,21H2,1H3,(H,22,26). The van der Waals surface area contributed by atoms with Crippen LogP contribution in [0.5, 0.6) is 11.5 Å². The molecule has 2 aliphatic heterocycles. The molecule has 160 valence electrons. The van der Waals surface area contributed by atoms with E-state index in [2.05, 4.69) is 5.32 Å². The van der Waals surface area contributed by atoms with Crippen molar-refractivity contribution in [3.8, 4) is 11.5 Å². The van der Waals surface area contributed by atoms with Crippen LogP contribution >= 0.6 is 0 Å². The first-order valence-electron chi connectivity index (χ1n) is 9.95. The molecule has 1 saturated heterocycles. The number of carbonyl (C=O) groups excluding carboxylic acids is 1. The number of piperidine rings is 1. The summed E-state index contributed by atoms with van der Waals surface area (Å²) >= 11 is 0. The summed E-state index contributed by atoms with van der Waals surface area (Å²) in [5.41, 5.74) is 6.04. The van der Waals surface area contributed by atoms with Crippen LogP contribution in [0.25, 0.3) is 0 Å². The Bertz CT molecular complexity index is 1080. The van der Waals surface area contributed by atoms with E-state index in [4.69, 9.17) is 15.2 Å². The van der Waals surface area contributed by atoms with Crippen LogP contribution in [0.1, 0.15) is 24.8 Å². The van der Waals surface area contributed by atoms with Gasteiger partial charge in [-0.25, -0.2) is 9.36 Å². The molecule has 1 fully saturated rings. The number of aromatic nitrogens is 2. The first kappa shape index (κ1) is 19.9. The van der Waals surface area contributed by atoms with E-state index in [0.29, 0.717) is 30.3 Å². The molecule has 4 rings (SSSR count). The molecular formula is C20H25N5O5. The number of fused-ring (bicyclic) bond motifs is 1. The van der Waals surface area contributed by atoms with Crippen LogP contribution in [-0.4, -0.2) is 34.9 Å². The van der Waals surface area contributed by atoms with Crippen molar-refractivity contribution in [3.63, 3.8) is 0 Å². The first-order chi connectivity index (χ1) is 14.5. The van der Waals surface area contributed by atoms with Crippen molar-refractivity contribution >= 4 is 17.4 Å². The number of anilines is 2. The van der Waals surface area contributed by atoms with Gasteiger partial charge in [-0.05, 0) is 37.0 Å². The highest BCUT2D eigenvalue weighted by molar-refractivity contribution is 5.76. The molecule has 0 bridgehead atoms. The van der Waals surface area contributed by atoms with Crippen molar-refractivity contribution in [3.05, 3.63) is 44.6 Å². The smallest absolute Gasteiger partial charge is 0.332 e. The predicted octanol–water partition coefficient (Wildman–Crippen LogP) is 0.165. The topological polar surface area (TPSA) is 121 Å². The SMILES string of the molecule is Cn1c(N)c(N2CCCCC2)c(=O)n(CC(=O)NCc2ccc3c(c2)OCO3)c1=O. The zero-order valence-electron chi connectivity index (χ0n) is 16.8. The van der Waals surface area contributed by atoms with Crippen molar-refractivity contribution in [2.24, 2.45) is 7.05 Å². The normalized spacial score (nSPS) is 15.3. The van der Waals surface area contributed by atoms with Crippen molar-refractivity contribution in [1.82, 2.24) is 14.5 Å². The summed E-state index contributed by atoms with van der Waals surface area (Å²) in [6, 6.07) is 5.37. The fraction of sp³-hybridized carbons (Fsp3) is 0.450. The van der Waals surface area contributed by atoms with E-state index in [9.17, 15) is 14.4 Å². The molecule has 0 aliphatic carbocycles. The van der Waals surface area contributed by atoms with Crippen LogP contribution in [0.15, 0.2) is 27.8 Å². The van der Waals surface area contributed by atoms with E-state index < -0.39 is 17.2 Å². The van der Waals surface area contributed by atoms with Crippen molar-refractivity contribution in [2.45, 2.75) is 32.4 Å². The van der Waals surface area contributed by atoms with E-state index in [0.717, 1.165) is 29.4 Å². The number of amides is 1. The number of ether oxygens (including phenoxy) is 2. The number of nitrogens with zero attached hydrogens (tertiary/aromatic N) is 3. The van der Waals surface area contributed by atoms with E-state index in [-0.39, 0.29) is 25.7 Å². The molecule has 0 radical (unpaired) electrons. The van der Waals surface area contributed by atoms with E-state index >= 15 is 0 Å². The predicted molar refractivity (Wildman–Crippen MR) is 111 cm³/mol. The second-order valence-corrected chi connectivity index (χ2v) is 7.48. The van der Waals surface area contributed by atoms with Gasteiger partial charge in [-0.2, -0.15) is 0 Å². The minimum Gasteiger partial charge on any atom is -0.454 e. The molecule has 0 atom stereocenters. The molecule has 0 spiro atoms. The molecular weight excluding hydrogens is 390 g/mol. The highest BCUT2D eigenvalue weighted by Crippen LogP contribution is 2.32. The molecule has 0 unspecified atom stereocenters. The summed E-state index contributed by atoms with van der Waals surface area (Å²) in [5, 5.41) is 2.74. The van der Waals surface area contributed by atoms with Gasteiger partial charge in [0.15, 0.2) is 11.5 Å². The molecule has 0 saturated carbocycles. The average Bonchev–Trinajstić information content (AvgIpc) is 3.23. The maximum atomic E-state index is 13.0. The Labute approximate surface area is 172 Å². The maximum Gasteiger partial charge on any atom is 0.332 e. The Balaban J connectivity index is 1.52. The summed E-state index contributed by atoms with van der Waals surface area (Å²) in [7, 11) is 1.51. The van der Waals surface area contributed by atoms with Gasteiger partial charge in [0.25, 0.3) is 5.56 Å². The molecule has 3 N–H and O–H groups in total. The quantitative estimate of drug-likeness (QED) is 0.714. The van der Waals surface area contributed by atoms with Crippen molar-refractivity contribution < 1.29 is 14.3 Å². The van der Waals surface area contributed by atoms with Gasteiger partial charge in [-0.1, -0.05) is 6.07 Å². The summed E-state index contributed by atoms with van der Waals surface area (Å²) in [6.07, 6.45) is 3.01. The maximum absolute atomic E-state index is 13.0. The lowest BCUT2D eigenvalue weighted by molar-refractivity contribution is -0.121. The second-order valence-electron chi connectivity index (χ2n) is 7.48. The number of carbonyl (C=O) groups is 1. The molecule has 1 aromatic heterocycles. The molecule has 10 heteroatoms. The van der Waals surface area contributed by atoms with Gasteiger partial charge in [-0.15, -0.1) is 0 Å². The number of hydrogen-bond donors (Lipinski definition) is 2. The number of benzene rings is 1. The number of hydrogen-bond acceptors (Lipinski definition) is 7. The molecule has 10 nitrogen and oxygen atoms in total. The van der Waals surface area contributed by atoms with Gasteiger partial charge in [0, 0.05) is 26.7 Å². The van der Waals surface area contributed by atoms with Crippen LogP contribution in [-0.2, 0) is 24.9 Å². The molecule has 3 heterocycles. The Morgan fingerprint density at radius 1 is 1.13 bits per heavy atom. The number of nitrogens with one attached hydrogen (secondary N) is 1. The fourth-order valence-electron chi connectivity index (χ4n) is 3.77. The Morgan fingerprint density at radius 3 is 2.63 bits per heavy atom. The van der Waals surface area contributed by atoms with Crippen LogP contribution in [0.3, 0.4) is 0 Å². The molecule has 1 aromatic carbocycles. The van der Waals surface area contributed by atoms with Crippen LogP contribution in [0.2, 0.25) is 0 Å². The molecule has 2 aromatic rings. The van der Waals surface area contributed by atoms with Gasteiger partial charge in [0.1, 0.15) is 18.1 Å². The Hall–Kier alpha value is -3.43. The lowest BCUT2D eigenvalue weighted by atomic mass is 10.1. The minimum atomic E-state index is -0.614. The highest BCUT2D eigenvalue weighted by atomic mass is 16.7. The minimum absolute atomic E-state index is 0.129. The number of rotatable bonds is 5. The van der Waals surface area contributed by atoms with Gasteiger partial charge in [0.05, 0.1) is 0 Å². The van der Waals surface area contributed by atoms with Crippen molar-refractivity contribution in [1.29, 1.82) is 0 Å². The Kier molecular flexibility index (Phi) is 5.39. The van der Waals surface area contributed by atoms with E-state index in [1.807, 2.05) is 11.0 Å². The second kappa shape index (κ2) is 8.13. The van der Waals surface area contributed by atoms with Crippen LogP contribution in [0, 0.1) is 0 Å². The number of nitrogens with two attached hydrogens (primary N) is 1. The van der Waals surface area contributed by atoms with Crippen LogP contribution in [0.4, 0.5) is 11.5 Å². The van der Waals surface area contributed by atoms with Crippen molar-refractivity contribution in [2.75, 3.05) is 30.5 Å². The zero-order chi connectivity index (χ0) is 21.3. The third-order valence-electron chi connectivity index (χ3n) is 5.47. The lowest BCUT2D eigenvalue weighted by Crippen LogP contribution is -2.47. The van der Waals surface area contributed by atoms with Crippen LogP contribution < -0.4 is 36.7 Å². The molecule has 30 heavy (non-hydrogen) atoms. The largest absolute Gasteiger partial charge is 0.454 e. The third-order valence-corrected chi connectivity index (χ3v) is 5.47. The third kappa shape index (κ3) is 3.72. The van der Waals surface area contributed by atoms with Gasteiger partial charge >= 0.3 is 5.69 Å². The average molecular weight is 415 g/mol. The number of nitrogen functional groups attached to an aromatic ring is 1.